The third-order valence-electron chi connectivity index (χ3n) is 8.06. The lowest BCUT2D eigenvalue weighted by Gasteiger charge is -2.17. The maximum Gasteiger partial charge on any atom is 0.338 e. The summed E-state index contributed by atoms with van der Waals surface area (Å²) in [6.07, 6.45) is 3.75. The van der Waals surface area contributed by atoms with Crippen LogP contribution in [0, 0.1) is 0 Å². The largest absolute Gasteiger partial charge is 0.338 e. The van der Waals surface area contributed by atoms with Crippen molar-refractivity contribution in [2.45, 2.75) is 0 Å². The van der Waals surface area contributed by atoms with E-state index in [0.717, 1.165) is 33.5 Å². The third kappa shape index (κ3) is 3.70. The number of aromatic nitrogens is 3. The summed E-state index contributed by atoms with van der Waals surface area (Å²) in [4.78, 5) is 18.3. The molecule has 0 saturated heterocycles. The molecule has 2 aromatic heterocycles. The summed E-state index contributed by atoms with van der Waals surface area (Å²) >= 11 is 0. The molecule has 42 heavy (non-hydrogen) atoms. The van der Waals surface area contributed by atoms with Crippen molar-refractivity contribution < 1.29 is 0 Å². The highest BCUT2D eigenvalue weighted by Crippen LogP contribution is 2.43. The van der Waals surface area contributed by atoms with Gasteiger partial charge in [0.25, 0.3) is 0 Å². The van der Waals surface area contributed by atoms with Crippen LogP contribution in [-0.4, -0.2) is 14.1 Å². The van der Waals surface area contributed by atoms with E-state index in [1.54, 1.807) is 9.13 Å². The van der Waals surface area contributed by atoms with E-state index >= 15 is 0 Å². The Morgan fingerprint density at radius 3 is 1.43 bits per heavy atom. The summed E-state index contributed by atoms with van der Waals surface area (Å²) in [6, 6.07) is 47.4. The van der Waals surface area contributed by atoms with Gasteiger partial charge in [-0.05, 0) is 80.7 Å². The Hall–Kier alpha value is -5.74. The van der Waals surface area contributed by atoms with Crippen molar-refractivity contribution in [1.29, 1.82) is 0 Å². The molecule has 4 heteroatoms. The van der Waals surface area contributed by atoms with Crippen molar-refractivity contribution in [3.8, 4) is 33.6 Å². The van der Waals surface area contributed by atoms with Gasteiger partial charge in [0.2, 0.25) is 0 Å². The SMILES string of the molecule is O=c1n(-c2ccccc2)c2ccccc2n1-c1ccc(-c2c3ccccc3c(-c3cccnc3)c3ccccc23)cc1. The summed E-state index contributed by atoms with van der Waals surface area (Å²) in [5.74, 6) is 0. The molecule has 2 heterocycles. The Balaban J connectivity index is 1.35. The summed E-state index contributed by atoms with van der Waals surface area (Å²) in [5.41, 5.74) is 7.90. The van der Waals surface area contributed by atoms with Crippen molar-refractivity contribution >= 4 is 32.6 Å². The first-order valence-corrected chi connectivity index (χ1v) is 14.0. The van der Waals surface area contributed by atoms with E-state index in [2.05, 4.69) is 83.8 Å². The minimum Gasteiger partial charge on any atom is -0.264 e. The maximum atomic E-state index is 13.9. The molecule has 0 bridgehead atoms. The van der Waals surface area contributed by atoms with Gasteiger partial charge in [-0.2, -0.15) is 0 Å². The van der Waals surface area contributed by atoms with Gasteiger partial charge in [-0.3, -0.25) is 14.1 Å². The van der Waals surface area contributed by atoms with E-state index in [1.165, 1.54) is 32.7 Å². The molecule has 8 aromatic rings. The predicted octanol–water partition coefficient (Wildman–Crippen LogP) is 8.82. The molecule has 8 rings (SSSR count). The average molecular weight is 540 g/mol. The molecule has 0 radical (unpaired) electrons. The molecular weight excluding hydrogens is 514 g/mol. The van der Waals surface area contributed by atoms with Crippen molar-refractivity contribution in [3.63, 3.8) is 0 Å². The molecule has 0 atom stereocenters. The summed E-state index contributed by atoms with van der Waals surface area (Å²) in [7, 11) is 0. The molecule has 0 aliphatic carbocycles. The monoisotopic (exact) mass is 539 g/mol. The lowest BCUT2D eigenvalue weighted by Crippen LogP contribution is -2.22. The Bertz CT molecular complexity index is 2240. The van der Waals surface area contributed by atoms with Crippen LogP contribution in [0.2, 0.25) is 0 Å². The van der Waals surface area contributed by atoms with E-state index < -0.39 is 0 Å². The zero-order valence-electron chi connectivity index (χ0n) is 22.7. The Morgan fingerprint density at radius 1 is 0.429 bits per heavy atom. The van der Waals surface area contributed by atoms with Crippen LogP contribution >= 0.6 is 0 Å². The molecule has 0 fully saturated rings. The van der Waals surface area contributed by atoms with Gasteiger partial charge in [0.05, 0.1) is 22.4 Å². The number of pyridine rings is 1. The van der Waals surface area contributed by atoms with E-state index in [0.29, 0.717) is 0 Å². The smallest absolute Gasteiger partial charge is 0.264 e. The van der Waals surface area contributed by atoms with Gasteiger partial charge in [-0.1, -0.05) is 97.1 Å². The lowest BCUT2D eigenvalue weighted by atomic mass is 9.86. The standard InChI is InChI=1S/C38H25N3O/c42-38-40(28-12-2-1-3-13-28)34-18-8-9-19-35(34)41(38)29-22-20-26(21-23-29)36-30-14-4-6-16-32(30)37(27-11-10-24-39-25-27)33-17-7-5-15-31(33)36/h1-25H. The zero-order valence-corrected chi connectivity index (χ0v) is 22.7. The van der Waals surface area contributed by atoms with Gasteiger partial charge in [-0.25, -0.2) is 4.79 Å². The van der Waals surface area contributed by atoms with Gasteiger partial charge in [0, 0.05) is 18.0 Å². The highest BCUT2D eigenvalue weighted by Gasteiger charge is 2.18. The van der Waals surface area contributed by atoms with Crippen LogP contribution < -0.4 is 5.69 Å². The van der Waals surface area contributed by atoms with Crippen LogP contribution in [0.25, 0.3) is 66.2 Å². The van der Waals surface area contributed by atoms with Gasteiger partial charge in [0.1, 0.15) is 0 Å². The summed E-state index contributed by atoms with van der Waals surface area (Å²) < 4.78 is 3.58. The first-order chi connectivity index (χ1) is 20.8. The minimum absolute atomic E-state index is 0.0909. The topological polar surface area (TPSA) is 39.8 Å². The van der Waals surface area contributed by atoms with E-state index in [1.807, 2.05) is 73.1 Å². The number of rotatable bonds is 4. The van der Waals surface area contributed by atoms with Crippen LogP contribution in [0.15, 0.2) is 157 Å². The third-order valence-corrected chi connectivity index (χ3v) is 8.06. The van der Waals surface area contributed by atoms with E-state index in [4.69, 9.17) is 0 Å². The van der Waals surface area contributed by atoms with Crippen LogP contribution in [0.4, 0.5) is 0 Å². The van der Waals surface area contributed by atoms with Crippen LogP contribution in [-0.2, 0) is 0 Å². The van der Waals surface area contributed by atoms with Crippen molar-refractivity contribution in [3.05, 3.63) is 162 Å². The molecule has 0 amide bonds. The van der Waals surface area contributed by atoms with Gasteiger partial charge < -0.3 is 0 Å². The minimum atomic E-state index is -0.0909. The van der Waals surface area contributed by atoms with E-state index in [-0.39, 0.29) is 5.69 Å². The van der Waals surface area contributed by atoms with Crippen molar-refractivity contribution in [2.75, 3.05) is 0 Å². The first kappa shape index (κ1) is 24.1. The fraction of sp³-hybridized carbons (Fsp3) is 0. The van der Waals surface area contributed by atoms with Crippen LogP contribution in [0.1, 0.15) is 0 Å². The summed E-state index contributed by atoms with van der Waals surface area (Å²) in [5, 5.41) is 4.73. The summed E-state index contributed by atoms with van der Waals surface area (Å²) in [6.45, 7) is 0. The highest BCUT2D eigenvalue weighted by molar-refractivity contribution is 6.21. The average Bonchev–Trinajstić information content (AvgIpc) is 3.36. The molecule has 0 aliphatic rings. The normalized spacial score (nSPS) is 11.4. The quantitative estimate of drug-likeness (QED) is 0.210. The van der Waals surface area contributed by atoms with E-state index in [9.17, 15) is 4.79 Å². The number of fused-ring (bicyclic) bond motifs is 3. The Kier molecular flexibility index (Phi) is 5.57. The second-order valence-corrected chi connectivity index (χ2v) is 10.4. The molecule has 0 saturated carbocycles. The van der Waals surface area contributed by atoms with Gasteiger partial charge in [-0.15, -0.1) is 0 Å². The van der Waals surface area contributed by atoms with Crippen LogP contribution in [0.3, 0.4) is 0 Å². The molecule has 6 aromatic carbocycles. The molecule has 0 spiro atoms. The number of benzene rings is 6. The molecule has 0 aliphatic heterocycles. The fourth-order valence-corrected chi connectivity index (χ4v) is 6.26. The predicted molar refractivity (Wildman–Crippen MR) is 173 cm³/mol. The molecule has 198 valence electrons. The number of para-hydroxylation sites is 3. The fourth-order valence-electron chi connectivity index (χ4n) is 6.26. The zero-order chi connectivity index (χ0) is 28.0. The van der Waals surface area contributed by atoms with Gasteiger partial charge in [0.15, 0.2) is 0 Å². The number of hydrogen-bond acceptors (Lipinski definition) is 2. The molecule has 0 unspecified atom stereocenters. The van der Waals surface area contributed by atoms with Crippen LogP contribution in [0.5, 0.6) is 0 Å². The van der Waals surface area contributed by atoms with Crippen molar-refractivity contribution in [2.24, 2.45) is 0 Å². The van der Waals surface area contributed by atoms with Gasteiger partial charge >= 0.3 is 5.69 Å². The molecular formula is C38H25N3O. The maximum absolute atomic E-state index is 13.9. The second kappa shape index (κ2) is 9.72. The highest BCUT2D eigenvalue weighted by atomic mass is 16.1. The second-order valence-electron chi connectivity index (χ2n) is 10.4. The lowest BCUT2D eigenvalue weighted by molar-refractivity contribution is 0.931. The molecule has 4 nitrogen and oxygen atoms in total. The number of nitrogens with zero attached hydrogens (tertiary/aromatic N) is 3. The first-order valence-electron chi connectivity index (χ1n) is 14.0. The Morgan fingerprint density at radius 2 is 0.905 bits per heavy atom. The number of hydrogen-bond donors (Lipinski definition) is 0. The Labute approximate surface area is 242 Å². The van der Waals surface area contributed by atoms with Crippen molar-refractivity contribution in [1.82, 2.24) is 14.1 Å². The molecule has 0 N–H and O–H groups in total. The number of imidazole rings is 1.